The minimum absolute atomic E-state index is 0.0881. The van der Waals surface area contributed by atoms with Crippen molar-refractivity contribution < 1.29 is 4.79 Å². The largest absolute Gasteiger partial charge is 0.366 e. The van der Waals surface area contributed by atoms with Crippen molar-refractivity contribution in [2.24, 2.45) is 0 Å². The number of aromatic nitrogens is 1. The Labute approximate surface area is 82.6 Å². The first kappa shape index (κ1) is 8.75. The number of ketones is 1. The van der Waals surface area contributed by atoms with Crippen LogP contribution in [0.1, 0.15) is 17.3 Å². The number of hydrogen-bond donors (Lipinski definition) is 1. The summed E-state index contributed by atoms with van der Waals surface area (Å²) in [6, 6.07) is 9.88. The lowest BCUT2D eigenvalue weighted by Gasteiger charge is -1.99. The van der Waals surface area contributed by atoms with Crippen LogP contribution in [0.5, 0.6) is 0 Å². The topological polar surface area (TPSA) is 32.9 Å². The molecule has 0 fully saturated rings. The molecule has 0 atom stereocenters. The molecule has 2 aromatic rings. The summed E-state index contributed by atoms with van der Waals surface area (Å²) < 4.78 is 0. The fourth-order valence-corrected chi connectivity index (χ4v) is 1.51. The second-order valence-electron chi connectivity index (χ2n) is 3.20. The molecule has 0 spiro atoms. The maximum absolute atomic E-state index is 11.3. The van der Waals surface area contributed by atoms with Crippen molar-refractivity contribution in [3.05, 3.63) is 48.3 Å². The molecule has 70 valence electrons. The van der Waals surface area contributed by atoms with Gasteiger partial charge in [0.25, 0.3) is 0 Å². The number of H-pyrrole nitrogens is 1. The van der Waals surface area contributed by atoms with E-state index in [4.69, 9.17) is 0 Å². The first-order chi connectivity index (χ1) is 6.79. The molecular formula is C12H11NO. The highest BCUT2D eigenvalue weighted by Crippen LogP contribution is 2.23. The third-order valence-corrected chi connectivity index (χ3v) is 2.21. The van der Waals surface area contributed by atoms with Crippen molar-refractivity contribution in [1.29, 1.82) is 0 Å². The van der Waals surface area contributed by atoms with E-state index >= 15 is 0 Å². The van der Waals surface area contributed by atoms with Gasteiger partial charge in [-0.2, -0.15) is 0 Å². The summed E-state index contributed by atoms with van der Waals surface area (Å²) in [4.78, 5) is 14.2. The summed E-state index contributed by atoms with van der Waals surface area (Å²) >= 11 is 0. The number of carbonyl (C=O) groups excluding carboxylic acids is 1. The zero-order valence-electron chi connectivity index (χ0n) is 7.95. The molecule has 0 aliphatic carbocycles. The first-order valence-electron chi connectivity index (χ1n) is 4.52. The molecule has 1 aromatic heterocycles. The second-order valence-corrected chi connectivity index (χ2v) is 3.20. The predicted octanol–water partition coefficient (Wildman–Crippen LogP) is 2.88. The highest BCUT2D eigenvalue weighted by molar-refractivity contribution is 6.00. The molecule has 0 amide bonds. The fraction of sp³-hybridized carbons (Fsp3) is 0.0833. The van der Waals surface area contributed by atoms with Crippen molar-refractivity contribution >= 4 is 5.78 Å². The third kappa shape index (κ3) is 1.46. The monoisotopic (exact) mass is 185 g/mol. The minimum Gasteiger partial charge on any atom is -0.366 e. The van der Waals surface area contributed by atoms with Crippen LogP contribution in [0.25, 0.3) is 11.1 Å². The molecule has 1 aromatic carbocycles. The lowest BCUT2D eigenvalue weighted by atomic mass is 10.0. The van der Waals surface area contributed by atoms with E-state index in [0.29, 0.717) is 0 Å². The molecule has 1 heterocycles. The Balaban J connectivity index is 2.52. The quantitative estimate of drug-likeness (QED) is 0.717. The molecule has 1 N–H and O–H groups in total. The van der Waals surface area contributed by atoms with Crippen LogP contribution in [0.15, 0.2) is 42.7 Å². The van der Waals surface area contributed by atoms with Crippen molar-refractivity contribution in [3.63, 3.8) is 0 Å². The van der Waals surface area contributed by atoms with Gasteiger partial charge in [-0.3, -0.25) is 4.79 Å². The highest BCUT2D eigenvalue weighted by atomic mass is 16.1. The Morgan fingerprint density at radius 2 is 1.86 bits per heavy atom. The van der Waals surface area contributed by atoms with Crippen LogP contribution in [-0.2, 0) is 0 Å². The Morgan fingerprint density at radius 1 is 1.14 bits per heavy atom. The second kappa shape index (κ2) is 3.50. The van der Waals surface area contributed by atoms with Gasteiger partial charge < -0.3 is 4.98 Å². The van der Waals surface area contributed by atoms with E-state index in [-0.39, 0.29) is 5.78 Å². The zero-order valence-corrected chi connectivity index (χ0v) is 7.95. The van der Waals surface area contributed by atoms with Crippen LogP contribution < -0.4 is 0 Å². The third-order valence-electron chi connectivity index (χ3n) is 2.21. The molecule has 2 heteroatoms. The summed E-state index contributed by atoms with van der Waals surface area (Å²) in [5.41, 5.74) is 2.79. The number of carbonyl (C=O) groups is 1. The van der Waals surface area contributed by atoms with Crippen molar-refractivity contribution in [1.82, 2.24) is 4.98 Å². The molecule has 0 aliphatic heterocycles. The molecule has 14 heavy (non-hydrogen) atoms. The molecular weight excluding hydrogens is 174 g/mol. The normalized spacial score (nSPS) is 10.1. The van der Waals surface area contributed by atoms with Gasteiger partial charge in [0.15, 0.2) is 5.78 Å². The number of benzene rings is 1. The summed E-state index contributed by atoms with van der Waals surface area (Å²) in [6.07, 6.45) is 3.59. The fourth-order valence-electron chi connectivity index (χ4n) is 1.51. The lowest BCUT2D eigenvalue weighted by Crippen LogP contribution is -1.91. The predicted molar refractivity (Wildman–Crippen MR) is 56.2 cm³/mol. The lowest BCUT2D eigenvalue weighted by molar-refractivity contribution is 0.101. The van der Waals surface area contributed by atoms with Gasteiger partial charge in [-0.05, 0) is 12.5 Å². The average Bonchev–Trinajstić information content (AvgIpc) is 2.67. The molecule has 0 radical (unpaired) electrons. The van der Waals surface area contributed by atoms with Crippen LogP contribution in [0, 0.1) is 0 Å². The molecule has 2 nitrogen and oxygen atoms in total. The van der Waals surface area contributed by atoms with Crippen LogP contribution in [0.2, 0.25) is 0 Å². The van der Waals surface area contributed by atoms with E-state index in [1.165, 1.54) is 0 Å². The van der Waals surface area contributed by atoms with Gasteiger partial charge >= 0.3 is 0 Å². The van der Waals surface area contributed by atoms with Gasteiger partial charge in [-0.15, -0.1) is 0 Å². The summed E-state index contributed by atoms with van der Waals surface area (Å²) in [7, 11) is 0. The maximum Gasteiger partial charge on any atom is 0.161 e. The zero-order chi connectivity index (χ0) is 9.97. The van der Waals surface area contributed by atoms with Crippen molar-refractivity contribution in [3.8, 4) is 11.1 Å². The van der Waals surface area contributed by atoms with E-state index in [0.717, 1.165) is 16.7 Å². The van der Waals surface area contributed by atoms with Crippen LogP contribution in [-0.4, -0.2) is 10.8 Å². The smallest absolute Gasteiger partial charge is 0.161 e. The SMILES string of the molecule is CC(=O)c1c[nH]cc1-c1ccccc1. The Bertz CT molecular complexity index is 442. The molecule has 0 saturated carbocycles. The molecule has 2 rings (SSSR count). The Morgan fingerprint density at radius 3 is 2.50 bits per heavy atom. The Kier molecular flexibility index (Phi) is 2.19. The molecule has 0 saturated heterocycles. The number of Topliss-reactive ketones (excluding diaryl/α,β-unsaturated/α-hetero) is 1. The van der Waals surface area contributed by atoms with Gasteiger partial charge in [-0.1, -0.05) is 30.3 Å². The minimum atomic E-state index is 0.0881. The van der Waals surface area contributed by atoms with E-state index in [1.54, 1.807) is 13.1 Å². The number of hydrogen-bond acceptors (Lipinski definition) is 1. The summed E-state index contributed by atoms with van der Waals surface area (Å²) in [5, 5.41) is 0. The van der Waals surface area contributed by atoms with Gasteiger partial charge in [0.05, 0.1) is 0 Å². The van der Waals surface area contributed by atoms with E-state index in [2.05, 4.69) is 4.98 Å². The summed E-state index contributed by atoms with van der Waals surface area (Å²) in [6.45, 7) is 1.58. The Hall–Kier alpha value is -1.83. The number of rotatable bonds is 2. The van der Waals surface area contributed by atoms with Crippen LogP contribution in [0.4, 0.5) is 0 Å². The maximum atomic E-state index is 11.3. The van der Waals surface area contributed by atoms with Gasteiger partial charge in [0.1, 0.15) is 0 Å². The summed E-state index contributed by atoms with van der Waals surface area (Å²) in [5.74, 6) is 0.0881. The molecule has 0 bridgehead atoms. The van der Waals surface area contributed by atoms with Gasteiger partial charge in [0.2, 0.25) is 0 Å². The van der Waals surface area contributed by atoms with Gasteiger partial charge in [0, 0.05) is 23.5 Å². The standard InChI is InChI=1S/C12H11NO/c1-9(14)11-7-13-8-12(11)10-5-3-2-4-6-10/h2-8,13H,1H3. The highest BCUT2D eigenvalue weighted by Gasteiger charge is 2.08. The first-order valence-corrected chi connectivity index (χ1v) is 4.52. The molecule has 0 unspecified atom stereocenters. The van der Waals surface area contributed by atoms with Crippen molar-refractivity contribution in [2.45, 2.75) is 6.92 Å². The van der Waals surface area contributed by atoms with Crippen molar-refractivity contribution in [2.75, 3.05) is 0 Å². The van der Waals surface area contributed by atoms with E-state index < -0.39 is 0 Å². The van der Waals surface area contributed by atoms with E-state index in [1.807, 2.05) is 36.5 Å². The van der Waals surface area contributed by atoms with E-state index in [9.17, 15) is 4.79 Å². The van der Waals surface area contributed by atoms with Crippen LogP contribution >= 0.6 is 0 Å². The molecule has 0 aliphatic rings. The van der Waals surface area contributed by atoms with Crippen LogP contribution in [0.3, 0.4) is 0 Å². The number of aromatic amines is 1. The van der Waals surface area contributed by atoms with Gasteiger partial charge in [-0.25, -0.2) is 0 Å². The number of nitrogens with one attached hydrogen (secondary N) is 1. The average molecular weight is 185 g/mol.